The number of aryl methyl sites for hydroxylation is 2. The smallest absolute Gasteiger partial charge is 0.321 e. The van der Waals surface area contributed by atoms with Crippen molar-refractivity contribution < 1.29 is 4.79 Å². The van der Waals surface area contributed by atoms with E-state index in [1.807, 2.05) is 4.90 Å². The molecule has 0 aliphatic carbocycles. The van der Waals surface area contributed by atoms with E-state index in [9.17, 15) is 4.79 Å². The number of carbonyl (C=O) groups excluding carboxylic acids is 1. The van der Waals surface area contributed by atoms with Gasteiger partial charge in [-0.15, -0.1) is 0 Å². The van der Waals surface area contributed by atoms with Crippen LogP contribution in [0.2, 0.25) is 0 Å². The number of likely N-dealkylation sites (tertiary alicyclic amines) is 1. The summed E-state index contributed by atoms with van der Waals surface area (Å²) in [7, 11) is 2.22. The second kappa shape index (κ2) is 9.81. The fourth-order valence-electron chi connectivity index (χ4n) is 3.67. The summed E-state index contributed by atoms with van der Waals surface area (Å²) in [6.07, 6.45) is 5.68. The Morgan fingerprint density at radius 3 is 2.64 bits per heavy atom. The van der Waals surface area contributed by atoms with Gasteiger partial charge in [-0.3, -0.25) is 0 Å². The van der Waals surface area contributed by atoms with Crippen LogP contribution in [0.5, 0.6) is 0 Å². The molecule has 0 atom stereocenters. The van der Waals surface area contributed by atoms with Gasteiger partial charge in [0.1, 0.15) is 0 Å². The van der Waals surface area contributed by atoms with Crippen LogP contribution in [0.15, 0.2) is 18.2 Å². The van der Waals surface area contributed by atoms with Gasteiger partial charge in [0.05, 0.1) is 0 Å². The topological polar surface area (TPSA) is 35.6 Å². The third-order valence-corrected chi connectivity index (χ3v) is 5.34. The number of piperidine rings is 1. The molecule has 0 spiro atoms. The third kappa shape index (κ3) is 5.74. The number of hydrogen-bond donors (Lipinski definition) is 1. The summed E-state index contributed by atoms with van der Waals surface area (Å²) in [6, 6.07) is 6.28. The van der Waals surface area contributed by atoms with Crippen LogP contribution < -0.4 is 5.32 Å². The molecule has 0 saturated carbocycles. The van der Waals surface area contributed by atoms with Crippen LogP contribution in [-0.4, -0.2) is 49.1 Å². The van der Waals surface area contributed by atoms with E-state index in [0.717, 1.165) is 56.1 Å². The van der Waals surface area contributed by atoms with E-state index in [1.165, 1.54) is 24.9 Å². The number of hydrogen-bond acceptors (Lipinski definition) is 2. The first kappa shape index (κ1) is 19.8. The molecule has 2 amide bonds. The zero-order valence-corrected chi connectivity index (χ0v) is 16.5. The molecule has 0 radical (unpaired) electrons. The molecule has 1 aromatic rings. The number of rotatable bonds is 7. The highest BCUT2D eigenvalue weighted by Gasteiger charge is 2.24. The summed E-state index contributed by atoms with van der Waals surface area (Å²) >= 11 is 0. The minimum Gasteiger partial charge on any atom is -0.325 e. The number of carbonyl (C=O) groups is 1. The van der Waals surface area contributed by atoms with E-state index in [0.29, 0.717) is 0 Å². The molecule has 1 N–H and O–H groups in total. The first-order valence-corrected chi connectivity index (χ1v) is 9.88. The minimum atomic E-state index is 0.0572. The molecule has 0 unspecified atom stereocenters. The maximum Gasteiger partial charge on any atom is 0.321 e. The molecule has 25 heavy (non-hydrogen) atoms. The van der Waals surface area contributed by atoms with Gasteiger partial charge >= 0.3 is 6.03 Å². The van der Waals surface area contributed by atoms with Crippen LogP contribution >= 0.6 is 0 Å². The summed E-state index contributed by atoms with van der Waals surface area (Å²) in [5, 5.41) is 3.16. The molecule has 4 heteroatoms. The Labute approximate surface area is 153 Å². The highest BCUT2D eigenvalue weighted by Crippen LogP contribution is 2.23. The molecule has 1 aliphatic heterocycles. The van der Waals surface area contributed by atoms with E-state index >= 15 is 0 Å². The Morgan fingerprint density at radius 1 is 1.28 bits per heavy atom. The van der Waals surface area contributed by atoms with Gasteiger partial charge in [-0.2, -0.15) is 0 Å². The van der Waals surface area contributed by atoms with Gasteiger partial charge in [-0.25, -0.2) is 4.79 Å². The van der Waals surface area contributed by atoms with Gasteiger partial charge < -0.3 is 15.1 Å². The highest BCUT2D eigenvalue weighted by atomic mass is 16.2. The summed E-state index contributed by atoms with van der Waals surface area (Å²) < 4.78 is 0. The molecule has 2 rings (SSSR count). The quantitative estimate of drug-likeness (QED) is 0.788. The average molecular weight is 346 g/mol. The Bertz CT molecular complexity index is 550. The Hall–Kier alpha value is -1.55. The largest absolute Gasteiger partial charge is 0.325 e. The van der Waals surface area contributed by atoms with Gasteiger partial charge in [0.15, 0.2) is 0 Å². The fraction of sp³-hybridized carbons (Fsp3) is 0.667. The molecule has 1 fully saturated rings. The first-order valence-electron chi connectivity index (χ1n) is 9.88. The van der Waals surface area contributed by atoms with Crippen LogP contribution in [0.25, 0.3) is 0 Å². The molecule has 1 saturated heterocycles. The van der Waals surface area contributed by atoms with Gasteiger partial charge in [-0.1, -0.05) is 38.5 Å². The average Bonchev–Trinajstić information content (AvgIpc) is 2.62. The number of para-hydroxylation sites is 1. The lowest BCUT2D eigenvalue weighted by molar-refractivity contribution is 0.163. The number of anilines is 1. The Balaban J connectivity index is 1.84. The van der Waals surface area contributed by atoms with Gasteiger partial charge in [-0.05, 0) is 63.2 Å². The minimum absolute atomic E-state index is 0.0572. The van der Waals surface area contributed by atoms with Crippen molar-refractivity contribution in [1.82, 2.24) is 9.80 Å². The summed E-state index contributed by atoms with van der Waals surface area (Å²) in [5.74, 6) is 0.718. The number of benzene rings is 1. The Morgan fingerprint density at radius 2 is 2.00 bits per heavy atom. The maximum atomic E-state index is 12.7. The van der Waals surface area contributed by atoms with Crippen molar-refractivity contribution in [3.8, 4) is 0 Å². The van der Waals surface area contributed by atoms with E-state index in [2.05, 4.69) is 56.2 Å². The zero-order valence-electron chi connectivity index (χ0n) is 16.5. The van der Waals surface area contributed by atoms with Crippen molar-refractivity contribution in [2.45, 2.75) is 52.9 Å². The van der Waals surface area contributed by atoms with Gasteiger partial charge in [0.25, 0.3) is 0 Å². The van der Waals surface area contributed by atoms with Crippen molar-refractivity contribution >= 4 is 11.7 Å². The van der Waals surface area contributed by atoms with Crippen LogP contribution in [-0.2, 0) is 6.42 Å². The van der Waals surface area contributed by atoms with Gasteiger partial charge in [0.2, 0.25) is 0 Å². The van der Waals surface area contributed by atoms with E-state index < -0.39 is 0 Å². The van der Waals surface area contributed by atoms with Crippen LogP contribution in [0.3, 0.4) is 0 Å². The van der Waals surface area contributed by atoms with Crippen molar-refractivity contribution in [3.05, 3.63) is 29.3 Å². The molecule has 1 aliphatic rings. The van der Waals surface area contributed by atoms with Crippen molar-refractivity contribution in [1.29, 1.82) is 0 Å². The monoisotopic (exact) mass is 345 g/mol. The molecule has 4 nitrogen and oxygen atoms in total. The van der Waals surface area contributed by atoms with Crippen molar-refractivity contribution in [2.75, 3.05) is 38.5 Å². The lowest BCUT2D eigenvalue weighted by Gasteiger charge is -2.34. The second-order valence-corrected chi connectivity index (χ2v) is 7.44. The molecule has 0 aromatic heterocycles. The molecular weight excluding hydrogens is 310 g/mol. The molecular formula is C21H35N3O. The van der Waals surface area contributed by atoms with E-state index in [-0.39, 0.29) is 6.03 Å². The number of unbranched alkanes of at least 4 members (excludes halogenated alkanes) is 1. The van der Waals surface area contributed by atoms with Crippen molar-refractivity contribution in [3.63, 3.8) is 0 Å². The Kier molecular flexibility index (Phi) is 7.76. The SMILES string of the molecule is CCCCN(C)CC1CCN(C(=O)Nc2c(C)cccc2CC)CC1. The number of nitrogens with zero attached hydrogens (tertiary/aromatic N) is 2. The fourth-order valence-corrected chi connectivity index (χ4v) is 3.67. The predicted molar refractivity (Wildman–Crippen MR) is 106 cm³/mol. The molecule has 1 heterocycles. The summed E-state index contributed by atoms with van der Waals surface area (Å²) in [5.41, 5.74) is 3.34. The van der Waals surface area contributed by atoms with Crippen LogP contribution in [0.4, 0.5) is 10.5 Å². The normalized spacial score (nSPS) is 15.6. The third-order valence-electron chi connectivity index (χ3n) is 5.34. The number of nitrogens with one attached hydrogen (secondary N) is 1. The van der Waals surface area contributed by atoms with Gasteiger partial charge in [0, 0.05) is 25.3 Å². The standard InChI is InChI=1S/C21H35N3O/c1-5-7-13-23(4)16-18-11-14-24(15-12-18)21(25)22-20-17(3)9-8-10-19(20)6-2/h8-10,18H,5-7,11-16H2,1-4H3,(H,22,25). The molecule has 0 bridgehead atoms. The van der Waals surface area contributed by atoms with Crippen LogP contribution in [0, 0.1) is 12.8 Å². The summed E-state index contributed by atoms with van der Waals surface area (Å²) in [4.78, 5) is 17.1. The lowest BCUT2D eigenvalue weighted by atomic mass is 9.96. The maximum absolute atomic E-state index is 12.7. The lowest BCUT2D eigenvalue weighted by Crippen LogP contribution is -2.43. The number of amides is 2. The first-order chi connectivity index (χ1) is 12.0. The number of urea groups is 1. The predicted octanol–water partition coefficient (Wildman–Crippen LogP) is 4.53. The van der Waals surface area contributed by atoms with E-state index in [1.54, 1.807) is 0 Å². The molecule has 140 valence electrons. The summed E-state index contributed by atoms with van der Waals surface area (Å²) in [6.45, 7) is 10.5. The molecule has 1 aromatic carbocycles. The second-order valence-electron chi connectivity index (χ2n) is 7.44. The van der Waals surface area contributed by atoms with Crippen LogP contribution in [0.1, 0.15) is 50.7 Å². The zero-order chi connectivity index (χ0) is 18.2. The van der Waals surface area contributed by atoms with E-state index in [4.69, 9.17) is 0 Å². The highest BCUT2D eigenvalue weighted by molar-refractivity contribution is 5.91. The van der Waals surface area contributed by atoms with Crippen molar-refractivity contribution in [2.24, 2.45) is 5.92 Å².